The fraction of sp³-hybridized carbons (Fsp3) is 0.400. The fourth-order valence-corrected chi connectivity index (χ4v) is 4.28. The maximum atomic E-state index is 12.6. The minimum Gasteiger partial charge on any atom is -0.399 e. The highest BCUT2D eigenvalue weighted by Crippen LogP contribution is 2.25. The van der Waals surface area contributed by atoms with E-state index in [-0.39, 0.29) is 0 Å². The van der Waals surface area contributed by atoms with Crippen LogP contribution in [-0.2, 0) is 29.5 Å². The van der Waals surface area contributed by atoms with Gasteiger partial charge >= 0.3 is 0 Å². The minimum atomic E-state index is -1.11. The SMILES string of the molecule is CCc1nn(CC)c(CS(=O)c2ccc(N)c(C)c2)c1Br. The number of benzene rings is 1. The van der Waals surface area contributed by atoms with E-state index in [1.807, 2.05) is 36.7 Å². The van der Waals surface area contributed by atoms with E-state index in [2.05, 4.69) is 28.0 Å². The lowest BCUT2D eigenvalue weighted by Gasteiger charge is -2.07. The van der Waals surface area contributed by atoms with Gasteiger partial charge in [-0.05, 0) is 60.0 Å². The highest BCUT2D eigenvalue weighted by atomic mass is 79.9. The van der Waals surface area contributed by atoms with Gasteiger partial charge in [-0.25, -0.2) is 0 Å². The molecule has 1 unspecified atom stereocenters. The van der Waals surface area contributed by atoms with Crippen LogP contribution in [0.5, 0.6) is 0 Å². The Morgan fingerprint density at radius 3 is 2.67 bits per heavy atom. The van der Waals surface area contributed by atoms with E-state index in [1.165, 1.54) is 0 Å². The van der Waals surface area contributed by atoms with Crippen LogP contribution in [0.25, 0.3) is 0 Å². The Morgan fingerprint density at radius 1 is 1.38 bits per heavy atom. The smallest absolute Gasteiger partial charge is 0.0767 e. The number of halogens is 1. The van der Waals surface area contributed by atoms with Crippen LogP contribution < -0.4 is 5.73 Å². The lowest BCUT2D eigenvalue weighted by Crippen LogP contribution is -2.07. The van der Waals surface area contributed by atoms with Crippen molar-refractivity contribution in [3.8, 4) is 0 Å². The van der Waals surface area contributed by atoms with Crippen LogP contribution in [0.4, 0.5) is 5.69 Å². The van der Waals surface area contributed by atoms with Gasteiger partial charge in [-0.15, -0.1) is 0 Å². The zero-order chi connectivity index (χ0) is 15.6. The molecule has 0 aliphatic carbocycles. The molecule has 1 aromatic carbocycles. The van der Waals surface area contributed by atoms with Crippen molar-refractivity contribution in [2.75, 3.05) is 5.73 Å². The molecular formula is C15H20BrN3OS. The van der Waals surface area contributed by atoms with E-state index < -0.39 is 10.8 Å². The Hall–Kier alpha value is -1.14. The van der Waals surface area contributed by atoms with Gasteiger partial charge < -0.3 is 5.73 Å². The summed E-state index contributed by atoms with van der Waals surface area (Å²) in [7, 11) is -1.11. The average Bonchev–Trinajstić information content (AvgIpc) is 2.78. The maximum absolute atomic E-state index is 12.6. The highest BCUT2D eigenvalue weighted by molar-refractivity contribution is 9.10. The normalized spacial score (nSPS) is 12.6. The maximum Gasteiger partial charge on any atom is 0.0767 e. The van der Waals surface area contributed by atoms with Gasteiger partial charge in [-0.2, -0.15) is 5.10 Å². The summed E-state index contributed by atoms with van der Waals surface area (Å²) in [4.78, 5) is 0.801. The van der Waals surface area contributed by atoms with Crippen molar-refractivity contribution in [2.24, 2.45) is 0 Å². The first kappa shape index (κ1) is 16.2. The molecule has 2 N–H and O–H groups in total. The van der Waals surface area contributed by atoms with Gasteiger partial charge in [0.2, 0.25) is 0 Å². The molecule has 1 atom stereocenters. The summed E-state index contributed by atoms with van der Waals surface area (Å²) < 4.78 is 15.5. The summed E-state index contributed by atoms with van der Waals surface area (Å²) in [6.07, 6.45) is 0.855. The molecule has 0 bridgehead atoms. The number of rotatable bonds is 5. The van der Waals surface area contributed by atoms with Crippen LogP contribution in [0.1, 0.15) is 30.8 Å². The molecule has 0 saturated heterocycles. The van der Waals surface area contributed by atoms with Crippen LogP contribution in [0.2, 0.25) is 0 Å². The Bertz CT molecular complexity index is 682. The summed E-state index contributed by atoms with van der Waals surface area (Å²) in [6.45, 7) is 6.80. The van der Waals surface area contributed by atoms with Crippen LogP contribution in [0.3, 0.4) is 0 Å². The summed E-state index contributed by atoms with van der Waals surface area (Å²) in [5.41, 5.74) is 9.49. The fourth-order valence-electron chi connectivity index (χ4n) is 2.15. The quantitative estimate of drug-likeness (QED) is 0.821. The number of hydrogen-bond acceptors (Lipinski definition) is 3. The molecule has 0 aliphatic rings. The largest absolute Gasteiger partial charge is 0.399 e. The molecular weight excluding hydrogens is 350 g/mol. The third-order valence-electron chi connectivity index (χ3n) is 3.47. The van der Waals surface area contributed by atoms with Gasteiger partial charge in [0.05, 0.1) is 32.4 Å². The van der Waals surface area contributed by atoms with Crippen molar-refractivity contribution >= 4 is 32.4 Å². The van der Waals surface area contributed by atoms with E-state index in [9.17, 15) is 4.21 Å². The molecule has 0 radical (unpaired) electrons. The second-order valence-electron chi connectivity index (χ2n) is 4.88. The summed E-state index contributed by atoms with van der Waals surface area (Å²) in [5.74, 6) is 0.449. The molecule has 4 nitrogen and oxygen atoms in total. The molecule has 0 spiro atoms. The van der Waals surface area contributed by atoms with Crippen molar-refractivity contribution in [3.63, 3.8) is 0 Å². The number of nitrogen functional groups attached to an aromatic ring is 1. The van der Waals surface area contributed by atoms with Crippen molar-refractivity contribution < 1.29 is 4.21 Å². The summed E-state index contributed by atoms with van der Waals surface area (Å²) in [5, 5.41) is 4.54. The number of anilines is 1. The molecule has 1 aromatic heterocycles. The van der Waals surface area contributed by atoms with Crippen molar-refractivity contribution in [3.05, 3.63) is 39.6 Å². The third kappa shape index (κ3) is 3.37. The number of nitrogens with two attached hydrogens (primary N) is 1. The zero-order valence-electron chi connectivity index (χ0n) is 12.5. The Labute approximate surface area is 136 Å². The van der Waals surface area contributed by atoms with Crippen molar-refractivity contribution in [1.29, 1.82) is 0 Å². The zero-order valence-corrected chi connectivity index (χ0v) is 14.9. The predicted molar refractivity (Wildman–Crippen MR) is 90.7 cm³/mol. The first-order valence-corrected chi connectivity index (χ1v) is 9.07. The molecule has 2 aromatic rings. The van der Waals surface area contributed by atoms with Crippen LogP contribution in [0.15, 0.2) is 27.6 Å². The van der Waals surface area contributed by atoms with E-state index >= 15 is 0 Å². The number of nitrogens with zero attached hydrogens (tertiary/aromatic N) is 2. The van der Waals surface area contributed by atoms with Crippen molar-refractivity contribution in [1.82, 2.24) is 9.78 Å². The second-order valence-corrected chi connectivity index (χ2v) is 7.13. The van der Waals surface area contributed by atoms with E-state index in [0.29, 0.717) is 5.75 Å². The highest BCUT2D eigenvalue weighted by Gasteiger charge is 2.17. The lowest BCUT2D eigenvalue weighted by molar-refractivity contribution is 0.623. The molecule has 1 heterocycles. The molecule has 0 saturated carbocycles. The van der Waals surface area contributed by atoms with Crippen LogP contribution in [0, 0.1) is 6.92 Å². The lowest BCUT2D eigenvalue weighted by atomic mass is 10.2. The molecule has 0 aliphatic heterocycles. The van der Waals surface area contributed by atoms with Gasteiger partial charge in [0, 0.05) is 17.1 Å². The molecule has 114 valence electrons. The van der Waals surface area contributed by atoms with Gasteiger partial charge in [-0.3, -0.25) is 8.89 Å². The van der Waals surface area contributed by atoms with Crippen molar-refractivity contribution in [2.45, 2.75) is 44.4 Å². The second kappa shape index (κ2) is 6.75. The first-order chi connectivity index (χ1) is 9.97. The number of hydrogen-bond donors (Lipinski definition) is 1. The van der Waals surface area contributed by atoms with Gasteiger partial charge in [-0.1, -0.05) is 6.92 Å². The van der Waals surface area contributed by atoms with E-state index in [4.69, 9.17) is 5.73 Å². The summed E-state index contributed by atoms with van der Waals surface area (Å²) in [6, 6.07) is 5.54. The molecule has 0 fully saturated rings. The van der Waals surface area contributed by atoms with Gasteiger partial charge in [0.1, 0.15) is 0 Å². The molecule has 6 heteroatoms. The monoisotopic (exact) mass is 369 g/mol. The van der Waals surface area contributed by atoms with Crippen LogP contribution >= 0.6 is 15.9 Å². The van der Waals surface area contributed by atoms with Gasteiger partial charge in [0.25, 0.3) is 0 Å². The topological polar surface area (TPSA) is 60.9 Å². The predicted octanol–water partition coefficient (Wildman–Crippen LogP) is 3.43. The minimum absolute atomic E-state index is 0.449. The Balaban J connectivity index is 2.31. The summed E-state index contributed by atoms with van der Waals surface area (Å²) >= 11 is 3.59. The Morgan fingerprint density at radius 2 is 2.10 bits per heavy atom. The first-order valence-electron chi connectivity index (χ1n) is 6.96. The van der Waals surface area contributed by atoms with Crippen LogP contribution in [-0.4, -0.2) is 14.0 Å². The standard InChI is InChI=1S/C15H20BrN3OS/c1-4-13-15(16)14(19(5-2)18-13)9-21(20)11-6-7-12(17)10(3)8-11/h6-8H,4-5,9,17H2,1-3H3. The number of aryl methyl sites for hydroxylation is 3. The molecule has 0 amide bonds. The molecule has 2 rings (SSSR count). The molecule has 21 heavy (non-hydrogen) atoms. The van der Waals surface area contributed by atoms with E-state index in [0.717, 1.165) is 45.0 Å². The van der Waals surface area contributed by atoms with Gasteiger partial charge in [0.15, 0.2) is 0 Å². The Kier molecular flexibility index (Phi) is 5.22. The average molecular weight is 370 g/mol. The van der Waals surface area contributed by atoms with E-state index in [1.54, 1.807) is 0 Å². The third-order valence-corrected chi connectivity index (χ3v) is 5.70. The number of aromatic nitrogens is 2.